The first kappa shape index (κ1) is 22.0. The molecule has 28 heavy (non-hydrogen) atoms. The number of hydrogen-bond acceptors (Lipinski definition) is 3. The number of aryl methyl sites for hydroxylation is 3. The van der Waals surface area contributed by atoms with Gasteiger partial charge in [0.25, 0.3) is 0 Å². The van der Waals surface area contributed by atoms with Crippen molar-refractivity contribution in [1.29, 1.82) is 0 Å². The molecule has 0 amide bonds. The van der Waals surface area contributed by atoms with E-state index in [1.807, 2.05) is 46.8 Å². The summed E-state index contributed by atoms with van der Waals surface area (Å²) < 4.78 is 38.7. The molecule has 0 aliphatic carbocycles. The highest BCUT2D eigenvalue weighted by Gasteiger charge is 2.30. The summed E-state index contributed by atoms with van der Waals surface area (Å²) in [6, 6.07) is 8.80. The Morgan fingerprint density at radius 2 is 1.71 bits per heavy atom. The molecule has 0 saturated carbocycles. The number of carbonyl (C=O) groups is 1. The first-order chi connectivity index (χ1) is 13.0. The van der Waals surface area contributed by atoms with Gasteiger partial charge in [-0.2, -0.15) is 13.2 Å². The molecule has 0 aliphatic rings. The highest BCUT2D eigenvalue weighted by molar-refractivity contribution is 5.92. The fourth-order valence-corrected chi connectivity index (χ4v) is 3.44. The molecule has 0 spiro atoms. The number of hydroxylamine groups is 2. The topological polar surface area (TPSA) is 29.5 Å². The zero-order chi connectivity index (χ0) is 21.1. The zero-order valence-electron chi connectivity index (χ0n) is 16.9. The van der Waals surface area contributed by atoms with Gasteiger partial charge in [-0.15, -0.1) is 5.06 Å². The van der Waals surface area contributed by atoms with Crippen LogP contribution in [0.4, 0.5) is 13.2 Å². The van der Waals surface area contributed by atoms with Gasteiger partial charge in [0.15, 0.2) is 0 Å². The Bertz CT molecular complexity index is 823. The molecule has 1 unspecified atom stereocenters. The van der Waals surface area contributed by atoms with E-state index in [2.05, 4.69) is 0 Å². The molecule has 0 N–H and O–H groups in total. The van der Waals surface area contributed by atoms with E-state index in [0.29, 0.717) is 24.1 Å². The van der Waals surface area contributed by atoms with Gasteiger partial charge in [-0.1, -0.05) is 35.9 Å². The Morgan fingerprint density at radius 3 is 2.25 bits per heavy atom. The number of benzene rings is 2. The normalized spacial score (nSPS) is 12.9. The Morgan fingerprint density at radius 1 is 1.11 bits per heavy atom. The summed E-state index contributed by atoms with van der Waals surface area (Å²) in [5.41, 5.74) is 3.13. The Hall–Kier alpha value is -2.34. The van der Waals surface area contributed by atoms with E-state index < -0.39 is 17.7 Å². The number of likely N-dealkylation sites (N-methyl/N-ethyl adjacent to an activating group) is 1. The van der Waals surface area contributed by atoms with Gasteiger partial charge in [0.2, 0.25) is 0 Å². The molecule has 2 aromatic carbocycles. The summed E-state index contributed by atoms with van der Waals surface area (Å²) in [6.07, 6.45) is -4.05. The zero-order valence-corrected chi connectivity index (χ0v) is 16.9. The maximum absolute atomic E-state index is 12.9. The van der Waals surface area contributed by atoms with Gasteiger partial charge in [-0.05, 0) is 63.8 Å². The summed E-state index contributed by atoms with van der Waals surface area (Å²) in [5, 5.41) is 1.52. The summed E-state index contributed by atoms with van der Waals surface area (Å²) >= 11 is 0. The molecular weight excluding hydrogens is 367 g/mol. The average molecular weight is 393 g/mol. The van der Waals surface area contributed by atoms with E-state index in [0.717, 1.165) is 28.8 Å². The van der Waals surface area contributed by atoms with Gasteiger partial charge in [0, 0.05) is 12.6 Å². The molecule has 152 valence electrons. The number of halogens is 3. The third-order valence-corrected chi connectivity index (χ3v) is 4.67. The molecule has 2 aromatic rings. The van der Waals surface area contributed by atoms with Gasteiger partial charge in [0.1, 0.15) is 0 Å². The minimum absolute atomic E-state index is 0.275. The van der Waals surface area contributed by atoms with Crippen LogP contribution in [0, 0.1) is 20.8 Å². The van der Waals surface area contributed by atoms with Gasteiger partial charge in [-0.25, -0.2) is 4.79 Å². The van der Waals surface area contributed by atoms with Crippen molar-refractivity contribution < 1.29 is 22.8 Å². The van der Waals surface area contributed by atoms with Crippen LogP contribution in [0.15, 0.2) is 36.4 Å². The fraction of sp³-hybridized carbons (Fsp3) is 0.409. The van der Waals surface area contributed by atoms with Crippen LogP contribution in [0.2, 0.25) is 0 Å². The molecule has 0 aliphatic heterocycles. The van der Waals surface area contributed by atoms with Gasteiger partial charge >= 0.3 is 12.1 Å². The lowest BCUT2D eigenvalue weighted by Crippen LogP contribution is -2.37. The van der Waals surface area contributed by atoms with Crippen molar-refractivity contribution in [3.05, 3.63) is 69.8 Å². The Kier molecular flexibility index (Phi) is 6.88. The van der Waals surface area contributed by atoms with Crippen LogP contribution in [0.5, 0.6) is 0 Å². The van der Waals surface area contributed by atoms with Crippen molar-refractivity contribution in [2.75, 3.05) is 6.54 Å². The summed E-state index contributed by atoms with van der Waals surface area (Å²) in [4.78, 5) is 18.3. The van der Waals surface area contributed by atoms with E-state index >= 15 is 0 Å². The predicted octanol–water partition coefficient (Wildman–Crippen LogP) is 5.66. The van der Waals surface area contributed by atoms with E-state index in [4.69, 9.17) is 4.84 Å². The van der Waals surface area contributed by atoms with E-state index in [-0.39, 0.29) is 6.04 Å². The molecule has 0 saturated heterocycles. The number of hydrogen-bond donors (Lipinski definition) is 0. The molecule has 0 fully saturated rings. The van der Waals surface area contributed by atoms with Crippen LogP contribution in [0.25, 0.3) is 0 Å². The van der Waals surface area contributed by atoms with E-state index in [9.17, 15) is 18.0 Å². The summed E-state index contributed by atoms with van der Waals surface area (Å²) in [5.74, 6) is -0.451. The lowest BCUT2D eigenvalue weighted by molar-refractivity contribution is -0.137. The second-order valence-electron chi connectivity index (χ2n) is 7.14. The van der Waals surface area contributed by atoms with Crippen LogP contribution in [-0.2, 0) is 17.4 Å². The summed E-state index contributed by atoms with van der Waals surface area (Å²) in [6.45, 7) is 9.77. The SMILES string of the molecule is CCN(OC(=O)c1c(C)cc(C)cc1C)C(C)Cc1cccc(C(F)(F)F)c1. The van der Waals surface area contributed by atoms with Crippen molar-refractivity contribution in [3.8, 4) is 0 Å². The first-order valence-corrected chi connectivity index (χ1v) is 9.25. The second-order valence-corrected chi connectivity index (χ2v) is 7.14. The minimum Gasteiger partial charge on any atom is -0.364 e. The van der Waals surface area contributed by atoms with Crippen molar-refractivity contribution in [1.82, 2.24) is 5.06 Å². The molecule has 1 atom stereocenters. The molecule has 3 nitrogen and oxygen atoms in total. The maximum Gasteiger partial charge on any atom is 0.416 e. The van der Waals surface area contributed by atoms with Crippen LogP contribution in [0.1, 0.15) is 52.0 Å². The molecule has 0 bridgehead atoms. The first-order valence-electron chi connectivity index (χ1n) is 9.25. The molecule has 0 heterocycles. The highest BCUT2D eigenvalue weighted by Crippen LogP contribution is 2.30. The molecular formula is C22H26F3NO2. The Labute approximate surface area is 164 Å². The summed E-state index contributed by atoms with van der Waals surface area (Å²) in [7, 11) is 0. The van der Waals surface area contributed by atoms with E-state index in [1.54, 1.807) is 6.07 Å². The lowest BCUT2D eigenvalue weighted by Gasteiger charge is -2.27. The lowest BCUT2D eigenvalue weighted by atomic mass is 10.00. The number of rotatable bonds is 6. The third kappa shape index (κ3) is 5.35. The second kappa shape index (κ2) is 8.78. The monoisotopic (exact) mass is 393 g/mol. The molecule has 2 rings (SSSR count). The minimum atomic E-state index is -4.38. The van der Waals surface area contributed by atoms with Gasteiger partial charge in [-0.3, -0.25) is 0 Å². The standard InChI is InChI=1S/C22H26F3NO2/c1-6-26(28-21(27)20-15(3)10-14(2)11-16(20)4)17(5)12-18-8-7-9-19(13-18)22(23,24)25/h7-11,13,17H,6,12H2,1-5H3. The average Bonchev–Trinajstić information content (AvgIpc) is 2.58. The van der Waals surface area contributed by atoms with Crippen molar-refractivity contribution >= 4 is 5.97 Å². The number of nitrogens with zero attached hydrogens (tertiary/aromatic N) is 1. The quantitative estimate of drug-likeness (QED) is 0.594. The molecule has 6 heteroatoms. The van der Waals surface area contributed by atoms with Crippen molar-refractivity contribution in [3.63, 3.8) is 0 Å². The van der Waals surface area contributed by atoms with Gasteiger partial charge < -0.3 is 4.84 Å². The third-order valence-electron chi connectivity index (χ3n) is 4.67. The van der Waals surface area contributed by atoms with Crippen LogP contribution >= 0.6 is 0 Å². The van der Waals surface area contributed by atoms with Gasteiger partial charge in [0.05, 0.1) is 11.1 Å². The van der Waals surface area contributed by atoms with Crippen LogP contribution in [-0.4, -0.2) is 23.6 Å². The van der Waals surface area contributed by atoms with Crippen LogP contribution < -0.4 is 0 Å². The Balaban J connectivity index is 2.14. The fourth-order valence-electron chi connectivity index (χ4n) is 3.44. The highest BCUT2D eigenvalue weighted by atomic mass is 19.4. The number of carbonyl (C=O) groups excluding carboxylic acids is 1. The predicted molar refractivity (Wildman–Crippen MR) is 103 cm³/mol. The molecule has 0 radical (unpaired) electrons. The largest absolute Gasteiger partial charge is 0.416 e. The smallest absolute Gasteiger partial charge is 0.364 e. The molecule has 0 aromatic heterocycles. The van der Waals surface area contributed by atoms with E-state index in [1.165, 1.54) is 11.1 Å². The van der Waals surface area contributed by atoms with Crippen LogP contribution in [0.3, 0.4) is 0 Å². The van der Waals surface area contributed by atoms with Crippen molar-refractivity contribution in [2.24, 2.45) is 0 Å². The maximum atomic E-state index is 12.9. The van der Waals surface area contributed by atoms with Crippen molar-refractivity contribution in [2.45, 2.75) is 53.3 Å². The number of alkyl halides is 3.